The van der Waals surface area contributed by atoms with E-state index >= 15 is 0 Å². The third kappa shape index (κ3) is 2.58. The summed E-state index contributed by atoms with van der Waals surface area (Å²) in [5, 5.41) is 2.82. The van der Waals surface area contributed by atoms with Crippen molar-refractivity contribution in [2.75, 3.05) is 32.7 Å². The third-order valence-electron chi connectivity index (χ3n) is 4.18. The van der Waals surface area contributed by atoms with Crippen LogP contribution in [-0.4, -0.2) is 60.5 Å². The van der Waals surface area contributed by atoms with Crippen molar-refractivity contribution >= 4 is 11.9 Å². The van der Waals surface area contributed by atoms with E-state index in [9.17, 15) is 9.59 Å². The molecule has 6 nitrogen and oxygen atoms in total. The quantitative estimate of drug-likeness (QED) is 0.824. The highest BCUT2D eigenvalue weighted by Gasteiger charge is 2.37. The molecule has 2 saturated heterocycles. The van der Waals surface area contributed by atoms with Crippen LogP contribution in [0.15, 0.2) is 24.3 Å². The first-order valence-corrected chi connectivity index (χ1v) is 7.32. The first-order chi connectivity index (χ1) is 10.2. The molecule has 21 heavy (non-hydrogen) atoms. The van der Waals surface area contributed by atoms with E-state index in [-0.39, 0.29) is 18.0 Å². The van der Waals surface area contributed by atoms with Crippen LogP contribution >= 0.6 is 0 Å². The lowest BCUT2D eigenvalue weighted by molar-refractivity contribution is 0.0616. The van der Waals surface area contributed by atoms with Crippen molar-refractivity contribution < 1.29 is 9.59 Å². The van der Waals surface area contributed by atoms with Crippen molar-refractivity contribution in [1.29, 1.82) is 0 Å². The molecular weight excluding hydrogens is 268 g/mol. The number of urea groups is 1. The van der Waals surface area contributed by atoms with Gasteiger partial charge in [-0.15, -0.1) is 0 Å². The Morgan fingerprint density at radius 1 is 1.33 bits per heavy atom. The summed E-state index contributed by atoms with van der Waals surface area (Å²) in [6.45, 7) is 2.92. The minimum atomic E-state index is -0.0179. The Morgan fingerprint density at radius 2 is 2.14 bits per heavy atom. The summed E-state index contributed by atoms with van der Waals surface area (Å²) in [6.07, 6.45) is 0.700. The van der Waals surface area contributed by atoms with Gasteiger partial charge in [-0.3, -0.25) is 4.79 Å². The Hall–Kier alpha value is -2.08. The maximum Gasteiger partial charge on any atom is 0.317 e. The van der Waals surface area contributed by atoms with Gasteiger partial charge < -0.3 is 20.9 Å². The van der Waals surface area contributed by atoms with Crippen LogP contribution in [0, 0.1) is 0 Å². The molecule has 3 amide bonds. The molecule has 0 radical (unpaired) electrons. The highest BCUT2D eigenvalue weighted by atomic mass is 16.2. The number of amides is 3. The molecular formula is C15H20N4O2. The predicted molar refractivity (Wildman–Crippen MR) is 79.0 cm³/mol. The number of hydrogen-bond acceptors (Lipinski definition) is 3. The van der Waals surface area contributed by atoms with E-state index in [0.29, 0.717) is 39.1 Å². The van der Waals surface area contributed by atoms with E-state index in [0.717, 1.165) is 11.1 Å². The number of hydrogen-bond donors (Lipinski definition) is 2. The second kappa shape index (κ2) is 5.73. The molecule has 1 aromatic rings. The van der Waals surface area contributed by atoms with Gasteiger partial charge in [-0.25, -0.2) is 4.79 Å². The van der Waals surface area contributed by atoms with Gasteiger partial charge in [0.2, 0.25) is 0 Å². The van der Waals surface area contributed by atoms with Crippen LogP contribution in [0.3, 0.4) is 0 Å². The van der Waals surface area contributed by atoms with Gasteiger partial charge in [0.15, 0.2) is 0 Å². The van der Waals surface area contributed by atoms with E-state index in [4.69, 9.17) is 5.73 Å². The van der Waals surface area contributed by atoms with Gasteiger partial charge >= 0.3 is 6.03 Å². The zero-order chi connectivity index (χ0) is 14.8. The van der Waals surface area contributed by atoms with Gasteiger partial charge in [-0.05, 0) is 24.6 Å². The van der Waals surface area contributed by atoms with Crippen LogP contribution in [0.2, 0.25) is 0 Å². The van der Waals surface area contributed by atoms with E-state index in [1.807, 2.05) is 34.1 Å². The van der Waals surface area contributed by atoms with Crippen LogP contribution in [-0.2, 0) is 6.42 Å². The summed E-state index contributed by atoms with van der Waals surface area (Å²) < 4.78 is 0. The van der Waals surface area contributed by atoms with E-state index in [1.54, 1.807) is 0 Å². The maximum absolute atomic E-state index is 12.7. The van der Waals surface area contributed by atoms with Gasteiger partial charge in [0.1, 0.15) is 0 Å². The number of rotatable bonds is 3. The maximum atomic E-state index is 12.7. The second-order valence-corrected chi connectivity index (χ2v) is 5.48. The number of nitrogens with zero attached hydrogens (tertiary/aromatic N) is 2. The fourth-order valence-corrected chi connectivity index (χ4v) is 3.06. The van der Waals surface area contributed by atoms with Crippen LogP contribution in [0.1, 0.15) is 15.9 Å². The average Bonchev–Trinajstić information content (AvgIpc) is 2.88. The number of nitrogens with two attached hydrogens (primary N) is 1. The summed E-state index contributed by atoms with van der Waals surface area (Å²) in [5.41, 5.74) is 7.34. The zero-order valence-electron chi connectivity index (χ0n) is 11.9. The highest BCUT2D eigenvalue weighted by molar-refractivity contribution is 5.96. The average molecular weight is 288 g/mol. The van der Waals surface area contributed by atoms with Crippen molar-refractivity contribution in [3.8, 4) is 0 Å². The molecule has 0 bridgehead atoms. The number of nitrogens with one attached hydrogen (secondary N) is 1. The number of piperazine rings is 1. The van der Waals surface area contributed by atoms with Gasteiger partial charge in [0, 0.05) is 31.7 Å². The van der Waals surface area contributed by atoms with Crippen molar-refractivity contribution in [2.45, 2.75) is 12.5 Å². The number of fused-ring (bicyclic) bond motifs is 1. The summed E-state index contributed by atoms with van der Waals surface area (Å²) >= 11 is 0. The van der Waals surface area contributed by atoms with Gasteiger partial charge in [0.05, 0.1) is 6.04 Å². The van der Waals surface area contributed by atoms with Gasteiger partial charge in [-0.1, -0.05) is 18.2 Å². The van der Waals surface area contributed by atoms with Crippen molar-refractivity contribution in [3.05, 3.63) is 35.4 Å². The molecule has 3 N–H and O–H groups in total. The molecule has 6 heteroatoms. The number of carbonyl (C=O) groups excluding carboxylic acids is 2. The lowest BCUT2D eigenvalue weighted by Crippen LogP contribution is -2.53. The van der Waals surface area contributed by atoms with Crippen LogP contribution < -0.4 is 11.1 Å². The Balaban J connectivity index is 1.76. The fraction of sp³-hybridized carbons (Fsp3) is 0.467. The Morgan fingerprint density at radius 3 is 2.95 bits per heavy atom. The molecule has 2 heterocycles. The molecule has 2 aliphatic heterocycles. The summed E-state index contributed by atoms with van der Waals surface area (Å²) in [6, 6.07) is 7.70. The number of benzene rings is 1. The summed E-state index contributed by atoms with van der Waals surface area (Å²) in [5.74, 6) is 0.0399. The molecule has 1 atom stereocenters. The summed E-state index contributed by atoms with van der Waals surface area (Å²) in [7, 11) is 0. The molecule has 3 rings (SSSR count). The second-order valence-electron chi connectivity index (χ2n) is 5.48. The lowest BCUT2D eigenvalue weighted by atomic mass is 10.0. The summed E-state index contributed by atoms with van der Waals surface area (Å²) in [4.78, 5) is 28.0. The van der Waals surface area contributed by atoms with E-state index in [2.05, 4.69) is 5.32 Å². The fourth-order valence-electron chi connectivity index (χ4n) is 3.06. The predicted octanol–water partition coefficient (Wildman–Crippen LogP) is 0.0374. The largest absolute Gasteiger partial charge is 0.336 e. The minimum Gasteiger partial charge on any atom is -0.336 e. The number of carbonyl (C=O) groups is 2. The molecule has 0 saturated carbocycles. The first kappa shape index (κ1) is 13.9. The van der Waals surface area contributed by atoms with E-state index < -0.39 is 0 Å². The normalized spacial score (nSPS) is 21.2. The molecule has 0 aliphatic carbocycles. The highest BCUT2D eigenvalue weighted by Crippen LogP contribution is 2.18. The van der Waals surface area contributed by atoms with Crippen LogP contribution in [0.25, 0.3) is 0 Å². The van der Waals surface area contributed by atoms with Crippen molar-refractivity contribution in [1.82, 2.24) is 15.1 Å². The third-order valence-corrected chi connectivity index (χ3v) is 4.18. The Kier molecular flexibility index (Phi) is 3.79. The zero-order valence-corrected chi connectivity index (χ0v) is 11.9. The first-order valence-electron chi connectivity index (χ1n) is 7.32. The molecule has 0 aromatic heterocycles. The Bertz CT molecular complexity index is 560. The van der Waals surface area contributed by atoms with Crippen molar-refractivity contribution in [2.24, 2.45) is 5.73 Å². The molecule has 1 aromatic carbocycles. The van der Waals surface area contributed by atoms with Crippen LogP contribution in [0.5, 0.6) is 0 Å². The monoisotopic (exact) mass is 288 g/mol. The molecule has 112 valence electrons. The minimum absolute atomic E-state index is 0.0179. The van der Waals surface area contributed by atoms with Crippen LogP contribution in [0.4, 0.5) is 4.79 Å². The van der Waals surface area contributed by atoms with E-state index in [1.165, 1.54) is 0 Å². The lowest BCUT2D eigenvalue weighted by Gasteiger charge is -2.36. The SMILES string of the molecule is NCCc1ccccc1C(=O)N1CCN2C(=O)NCC2C1. The van der Waals surface area contributed by atoms with Crippen molar-refractivity contribution in [3.63, 3.8) is 0 Å². The molecule has 2 aliphatic rings. The standard InChI is InChI=1S/C15H20N4O2/c16-6-5-11-3-1-2-4-13(11)14(20)18-7-8-19-12(10-18)9-17-15(19)21/h1-4,12H,5-10,16H2,(H,17,21). The molecule has 0 spiro atoms. The van der Waals surface area contributed by atoms with Gasteiger partial charge in [0.25, 0.3) is 5.91 Å². The topological polar surface area (TPSA) is 78.7 Å². The molecule has 2 fully saturated rings. The molecule has 1 unspecified atom stereocenters. The van der Waals surface area contributed by atoms with Gasteiger partial charge in [-0.2, -0.15) is 0 Å². The Labute approximate surface area is 123 Å². The smallest absolute Gasteiger partial charge is 0.317 e.